The monoisotopic (exact) mass is 1760 g/mol. The van der Waals surface area contributed by atoms with Gasteiger partial charge in [0.2, 0.25) is 19.2 Å². The number of benzene rings is 6. The summed E-state index contributed by atoms with van der Waals surface area (Å²) in [5, 5.41) is 35.4. The zero-order valence-electron chi connectivity index (χ0n) is 68.4. The molecular weight excluding hydrogens is 1650 g/mol. The third kappa shape index (κ3) is 25.8. The molecule has 3 amide bonds. The van der Waals surface area contributed by atoms with Crippen molar-refractivity contribution in [2.75, 3.05) is 58.3 Å². The molecule has 0 spiro atoms. The smallest absolute Gasteiger partial charge is 0.488 e. The molecule has 26 heteroatoms. The van der Waals surface area contributed by atoms with Crippen molar-refractivity contribution in [3.05, 3.63) is 180 Å². The number of hydrogen-bond acceptors (Lipinski definition) is 19. The number of anilines is 3. The number of nitrogens with one attached hydrogen (secondary N) is 3. The number of carboxylic acid groups (broad SMARTS) is 1. The van der Waals surface area contributed by atoms with Crippen molar-refractivity contribution < 1.29 is 103 Å². The number of esters is 2. The van der Waals surface area contributed by atoms with Crippen LogP contribution in [-0.2, 0) is 71.7 Å². The SMILES string of the molecule is CCC[I-]C.CCOC(=O)C(OC(C)(C)C)c1c(C)sc(-c2ccc(NC=O)cc2)c1-c1ccc2c(c1)CCCO2.CCOC(=O)C(OC(C)(C)C)c1c(C)sc(Cl)c1-c1ccc2c(c1)CCCO2.Cc1sc(-c2ccc(NC=O)cc2)c(-c2ccc3c(c2)CCCO3)c1C(OC(C)(C)C)C(=O)O.O=CNc1ccc(B(O)O)cc1. The van der Waals surface area contributed by atoms with Gasteiger partial charge in [0.05, 0.1) is 49.8 Å². The third-order valence-electron chi connectivity index (χ3n) is 17.9. The molecule has 20 nitrogen and oxygen atoms in total. The number of hydrogen-bond donors (Lipinski definition) is 6. The summed E-state index contributed by atoms with van der Waals surface area (Å²) in [4.78, 5) is 77.3. The molecule has 3 aliphatic rings. The second-order valence-corrected chi connectivity index (χ2v) is 37.0. The van der Waals surface area contributed by atoms with Gasteiger partial charge in [0.1, 0.15) is 21.6 Å². The van der Waals surface area contributed by atoms with Crippen LogP contribution in [0.1, 0.15) is 175 Å². The Bertz CT molecular complexity index is 4750. The van der Waals surface area contributed by atoms with E-state index in [-0.39, 0.29) is 6.61 Å². The number of aliphatic carboxylic acids is 1. The fraction of sp³-hybridized carbons (Fsp3) is 0.393. The molecule has 3 atom stereocenters. The molecule has 0 fully saturated rings. The summed E-state index contributed by atoms with van der Waals surface area (Å²) in [6, 6.07) is 39.9. The van der Waals surface area contributed by atoms with E-state index in [1.807, 2.05) is 162 Å². The molecule has 616 valence electrons. The Morgan fingerprint density at radius 2 is 0.817 bits per heavy atom. The van der Waals surface area contributed by atoms with Crippen LogP contribution in [0, 0.1) is 20.8 Å². The predicted molar refractivity (Wildman–Crippen MR) is 459 cm³/mol. The fourth-order valence-electron chi connectivity index (χ4n) is 13.1. The van der Waals surface area contributed by atoms with Crippen molar-refractivity contribution in [2.24, 2.45) is 0 Å². The minimum atomic E-state index is -1.46. The summed E-state index contributed by atoms with van der Waals surface area (Å²) in [6.45, 7) is 31.7. The van der Waals surface area contributed by atoms with Crippen LogP contribution in [0.3, 0.4) is 0 Å². The molecule has 3 aliphatic heterocycles. The summed E-state index contributed by atoms with van der Waals surface area (Å²) in [7, 11) is -1.46. The molecule has 12 rings (SSSR count). The standard InChI is InChI=1S/C29H33NO5S.C27H29NO5S.C22H27ClO4S.C7H8BNO3.C4H10I/c1-6-33-28(32)26(35-29(3,4)5)24-18(2)36-27(19-9-12-22(13-10-19)30-17-31)25(24)21-11-14-23-20(16-21)8-7-15-34-23;1-16-22(24(26(30)31)33-27(2,3)4)23(19-9-12-21-18(14-19)6-5-13-32-21)25(34-16)17-7-10-20(11-8-17)28-15-29;1-6-25-21(24)19(27-22(3,4)5)17-13(2)28-20(23)18(17)15-9-10-16-14(12-15)8-7-11-26-16;10-5-9-7-3-1-6(2-4-7)8(11)12;1-3-4-5-2/h9-14,16-17,26H,6-8,15H2,1-5H3,(H,30,31);7-12,14-15,24H,5-6,13H2,1-4H3,(H,28,29)(H,30,31);9-10,12,19H,6-8,11H2,1-5H3;1-5,11-12H,(H,9,10);3-4H2,1-2H3/q;;;;-1. The van der Waals surface area contributed by atoms with Gasteiger partial charge in [0, 0.05) is 74.8 Å². The van der Waals surface area contributed by atoms with E-state index in [0.29, 0.717) is 80.4 Å². The summed E-state index contributed by atoms with van der Waals surface area (Å²) in [5.41, 5.74) is 14.0. The van der Waals surface area contributed by atoms with E-state index in [1.54, 1.807) is 48.7 Å². The van der Waals surface area contributed by atoms with Gasteiger partial charge in [-0.15, -0.1) is 34.0 Å². The van der Waals surface area contributed by atoms with Gasteiger partial charge in [-0.25, -0.2) is 14.4 Å². The van der Waals surface area contributed by atoms with Crippen LogP contribution in [0.15, 0.2) is 127 Å². The Morgan fingerprint density at radius 3 is 1.13 bits per heavy atom. The first-order chi connectivity index (χ1) is 54.7. The normalized spacial score (nSPS) is 13.5. The van der Waals surface area contributed by atoms with Crippen LogP contribution in [0.2, 0.25) is 4.34 Å². The van der Waals surface area contributed by atoms with Gasteiger partial charge in [-0.3, -0.25) is 14.4 Å². The van der Waals surface area contributed by atoms with Gasteiger partial charge in [-0.2, -0.15) is 0 Å². The first kappa shape index (κ1) is 92.0. The topological polar surface area (TPSA) is 273 Å². The van der Waals surface area contributed by atoms with Crippen LogP contribution in [0.4, 0.5) is 17.1 Å². The molecule has 6 heterocycles. The number of aryl methyl sites for hydroxylation is 6. The number of halogens is 2. The molecule has 0 aliphatic carbocycles. The molecule has 6 aromatic carbocycles. The van der Waals surface area contributed by atoms with E-state index in [0.717, 1.165) is 166 Å². The molecule has 3 aromatic heterocycles. The van der Waals surface area contributed by atoms with Gasteiger partial charge >= 0.3 is 68.9 Å². The third-order valence-corrected chi connectivity index (χ3v) is 23.8. The van der Waals surface area contributed by atoms with Crippen molar-refractivity contribution in [3.63, 3.8) is 0 Å². The van der Waals surface area contributed by atoms with Crippen molar-refractivity contribution in [1.82, 2.24) is 0 Å². The van der Waals surface area contributed by atoms with Crippen molar-refractivity contribution in [2.45, 2.75) is 184 Å². The second kappa shape index (κ2) is 43.1. The first-order valence-electron chi connectivity index (χ1n) is 38.4. The maximum atomic E-state index is 13.2. The second-order valence-electron chi connectivity index (χ2n) is 30.2. The largest absolute Gasteiger partial charge is 0.493 e. The molecule has 115 heavy (non-hydrogen) atoms. The van der Waals surface area contributed by atoms with Gasteiger partial charge in [0.15, 0.2) is 18.3 Å². The average molecular weight is 1760 g/mol. The minimum absolute atomic E-state index is 0.273. The average Bonchev–Trinajstić information content (AvgIpc) is 1.63. The van der Waals surface area contributed by atoms with Crippen molar-refractivity contribution in [1.29, 1.82) is 0 Å². The summed E-state index contributed by atoms with van der Waals surface area (Å²) < 4.78 is 48.9. The van der Waals surface area contributed by atoms with E-state index in [1.165, 1.54) is 39.9 Å². The molecule has 0 saturated heterocycles. The Kier molecular flexibility index (Phi) is 34.5. The van der Waals surface area contributed by atoms with Crippen LogP contribution >= 0.6 is 45.6 Å². The van der Waals surface area contributed by atoms with E-state index >= 15 is 0 Å². The Labute approximate surface area is 703 Å². The summed E-state index contributed by atoms with van der Waals surface area (Å²) in [6.07, 6.45) is 6.22. The van der Waals surface area contributed by atoms with E-state index in [2.05, 4.69) is 52.1 Å². The zero-order chi connectivity index (χ0) is 83.9. The maximum Gasteiger partial charge on any atom is 0.488 e. The van der Waals surface area contributed by atoms with Crippen molar-refractivity contribution in [3.8, 4) is 71.5 Å². The Balaban J connectivity index is 0.000000196. The van der Waals surface area contributed by atoms with Gasteiger partial charge in [0.25, 0.3) is 0 Å². The minimum Gasteiger partial charge on any atom is -0.493 e. The van der Waals surface area contributed by atoms with Crippen LogP contribution in [0.25, 0.3) is 54.3 Å². The van der Waals surface area contributed by atoms with Gasteiger partial charge < -0.3 is 69.0 Å². The van der Waals surface area contributed by atoms with Crippen molar-refractivity contribution >= 4 is 112 Å². The number of rotatable bonds is 25. The number of carbonyl (C=O) groups is 6. The van der Waals surface area contributed by atoms with E-state index < -0.39 is 60.1 Å². The number of thiophene rings is 3. The number of fused-ring (bicyclic) bond motifs is 3. The number of ether oxygens (including phenoxy) is 8. The summed E-state index contributed by atoms with van der Waals surface area (Å²) >= 11 is 11.9. The van der Waals surface area contributed by atoms with Crippen LogP contribution in [0.5, 0.6) is 17.2 Å². The number of alkyl halides is 2. The maximum absolute atomic E-state index is 13.2. The Morgan fingerprint density at radius 1 is 0.496 bits per heavy atom. The molecule has 6 N–H and O–H groups in total. The fourth-order valence-corrected chi connectivity index (χ4v) is 18.1. The zero-order valence-corrected chi connectivity index (χ0v) is 73.8. The Hall–Kier alpha value is -8.48. The first-order valence-corrected chi connectivity index (χ1v) is 44.9. The number of carbonyl (C=O) groups excluding carboxylic acids is 5. The molecular formula is C89H107BClIN3O17S3-. The number of carboxylic acids is 1. The molecule has 9 aromatic rings. The predicted octanol–water partition coefficient (Wildman–Crippen LogP) is 16.1. The van der Waals surface area contributed by atoms with Crippen LogP contribution in [-0.4, -0.2) is 119 Å². The molecule has 0 bridgehead atoms. The van der Waals surface area contributed by atoms with Gasteiger partial charge in [-0.1, -0.05) is 66.2 Å². The molecule has 0 saturated carbocycles. The van der Waals surface area contributed by atoms with Crippen LogP contribution < -0.4 is 56.8 Å². The van der Waals surface area contributed by atoms with E-state index in [4.69, 9.17) is 59.5 Å². The van der Waals surface area contributed by atoms with E-state index in [9.17, 15) is 33.9 Å². The molecule has 0 radical (unpaired) electrons. The number of amides is 3. The summed E-state index contributed by atoms with van der Waals surface area (Å²) in [5.74, 6) is 0.917. The molecule has 3 unspecified atom stereocenters. The van der Waals surface area contributed by atoms with Gasteiger partial charge in [-0.05, 0) is 258 Å². The quantitative estimate of drug-likeness (QED) is 0.0102.